The first-order chi connectivity index (χ1) is 19.5. The number of ketones is 4. The van der Waals surface area contributed by atoms with Crippen LogP contribution in [0, 0.1) is 40.9 Å². The maximum atomic E-state index is 14.3. The largest absolute Gasteiger partial charge is 0.449 e. The maximum absolute atomic E-state index is 14.3. The second-order valence-corrected chi connectivity index (χ2v) is 13.6. The molecule has 2 saturated carbocycles. The summed E-state index contributed by atoms with van der Waals surface area (Å²) in [5.41, 5.74) is -0.396. The number of ether oxygens (including phenoxy) is 1. The molecule has 0 bridgehead atoms. The van der Waals surface area contributed by atoms with Gasteiger partial charge in [0.1, 0.15) is 5.78 Å². The van der Waals surface area contributed by atoms with Crippen molar-refractivity contribution in [1.82, 2.24) is 5.32 Å². The summed E-state index contributed by atoms with van der Waals surface area (Å²) >= 11 is 0. The lowest BCUT2D eigenvalue weighted by atomic mass is 9.73. The van der Waals surface area contributed by atoms with Gasteiger partial charge in [-0.05, 0) is 55.3 Å². The van der Waals surface area contributed by atoms with Crippen LogP contribution in [0.1, 0.15) is 106 Å². The zero-order chi connectivity index (χ0) is 31.8. The molecule has 2 aliphatic carbocycles. The van der Waals surface area contributed by atoms with Gasteiger partial charge in [0.2, 0.25) is 11.7 Å². The molecule has 2 aliphatic rings. The minimum Gasteiger partial charge on any atom is -0.449 e. The van der Waals surface area contributed by atoms with Gasteiger partial charge in [-0.25, -0.2) is 13.6 Å². The van der Waals surface area contributed by atoms with Crippen molar-refractivity contribution in [3.8, 4) is 0 Å². The van der Waals surface area contributed by atoms with E-state index >= 15 is 0 Å². The first-order valence-corrected chi connectivity index (χ1v) is 15.6. The summed E-state index contributed by atoms with van der Waals surface area (Å²) in [5.74, 6) is -7.36. The number of rotatable bonds is 16. The molecule has 0 aliphatic heterocycles. The van der Waals surface area contributed by atoms with Crippen LogP contribution in [0.4, 0.5) is 13.6 Å². The fourth-order valence-corrected chi connectivity index (χ4v) is 6.59. The molecular weight excluding hydrogens is 544 g/mol. The van der Waals surface area contributed by atoms with E-state index in [-0.39, 0.29) is 68.5 Å². The van der Waals surface area contributed by atoms with Gasteiger partial charge in [-0.15, -0.1) is 6.58 Å². The molecule has 5 atom stereocenters. The summed E-state index contributed by atoms with van der Waals surface area (Å²) in [6.45, 7) is 15.3. The molecule has 1 amide bonds. The van der Waals surface area contributed by atoms with Gasteiger partial charge in [0.05, 0.1) is 12.6 Å². The number of hydrogen-bond donors (Lipinski definition) is 1. The normalized spacial score (nSPS) is 24.9. The Balaban J connectivity index is 2.35. The summed E-state index contributed by atoms with van der Waals surface area (Å²) in [4.78, 5) is 66.4. The van der Waals surface area contributed by atoms with Gasteiger partial charge in [0.25, 0.3) is 0 Å². The number of nitrogens with one attached hydrogen (secondary N) is 1. The lowest BCUT2D eigenvalue weighted by Crippen LogP contribution is -2.51. The molecule has 0 spiro atoms. The maximum Gasteiger partial charge on any atom is 0.407 e. The second kappa shape index (κ2) is 15.3. The molecule has 2 rings (SSSR count). The Morgan fingerprint density at radius 2 is 1.71 bits per heavy atom. The highest BCUT2D eigenvalue weighted by atomic mass is 19.3. The molecule has 0 saturated heterocycles. The number of carbonyl (C=O) groups is 5. The van der Waals surface area contributed by atoms with Crippen LogP contribution < -0.4 is 5.32 Å². The average Bonchev–Trinajstić information content (AvgIpc) is 3.16. The highest BCUT2D eigenvalue weighted by Crippen LogP contribution is 2.52. The van der Waals surface area contributed by atoms with Gasteiger partial charge in [0, 0.05) is 43.4 Å². The fraction of sp³-hybridized carbons (Fsp3) is 0.788. The molecule has 1 N–H and O–H groups in total. The van der Waals surface area contributed by atoms with E-state index < -0.39 is 58.7 Å². The van der Waals surface area contributed by atoms with Crippen LogP contribution in [0.25, 0.3) is 0 Å². The number of Topliss-reactive ketones (excluding diaryl/α,β-unsaturated/α-hetero) is 4. The molecule has 9 heteroatoms. The molecule has 2 fully saturated rings. The van der Waals surface area contributed by atoms with Crippen molar-refractivity contribution in [2.24, 2.45) is 40.9 Å². The monoisotopic (exact) mass is 595 g/mol. The van der Waals surface area contributed by atoms with Crippen molar-refractivity contribution >= 4 is 29.2 Å². The quantitative estimate of drug-likeness (QED) is 0.154. The molecule has 0 heterocycles. The lowest BCUT2D eigenvalue weighted by Gasteiger charge is -2.35. The van der Waals surface area contributed by atoms with Gasteiger partial charge in [0.15, 0.2) is 11.6 Å². The minimum atomic E-state index is -2.81. The van der Waals surface area contributed by atoms with Gasteiger partial charge in [-0.1, -0.05) is 54.0 Å². The number of alkyl halides is 2. The van der Waals surface area contributed by atoms with E-state index in [1.165, 1.54) is 0 Å². The van der Waals surface area contributed by atoms with Crippen molar-refractivity contribution in [3.05, 3.63) is 12.7 Å². The van der Waals surface area contributed by atoms with Crippen molar-refractivity contribution in [3.63, 3.8) is 0 Å². The van der Waals surface area contributed by atoms with Crippen LogP contribution in [0.3, 0.4) is 0 Å². The lowest BCUT2D eigenvalue weighted by molar-refractivity contribution is -0.141. The summed E-state index contributed by atoms with van der Waals surface area (Å²) in [5, 5.41) is 2.69. The molecule has 5 unspecified atom stereocenters. The SMILES string of the molecule is C=CCCC(=O)C(=O)C(CCC)CC(=O)C1C(C(=O)C(NC(=O)OCC(C)C)C2CCC(F)(F)CC2)CC(C)(C)C1C. The number of hydrogen-bond acceptors (Lipinski definition) is 6. The molecule has 0 aromatic carbocycles. The Hall–Kier alpha value is -2.45. The zero-order valence-corrected chi connectivity index (χ0v) is 26.3. The third kappa shape index (κ3) is 9.53. The summed E-state index contributed by atoms with van der Waals surface area (Å²) in [6.07, 6.45) is 1.85. The van der Waals surface area contributed by atoms with E-state index in [1.807, 2.05) is 41.5 Å². The van der Waals surface area contributed by atoms with Gasteiger partial charge < -0.3 is 10.1 Å². The van der Waals surface area contributed by atoms with Gasteiger partial charge in [-0.3, -0.25) is 19.2 Å². The first-order valence-electron chi connectivity index (χ1n) is 15.6. The number of amides is 1. The Labute approximate surface area is 250 Å². The topological polar surface area (TPSA) is 107 Å². The highest BCUT2D eigenvalue weighted by Gasteiger charge is 2.54. The number of alkyl carbamates (subject to hydrolysis) is 1. The summed E-state index contributed by atoms with van der Waals surface area (Å²) in [6, 6.07) is -1.06. The molecule has 0 radical (unpaired) electrons. The second-order valence-electron chi connectivity index (χ2n) is 13.6. The van der Waals surface area contributed by atoms with Crippen LogP contribution in [-0.4, -0.2) is 47.8 Å². The van der Waals surface area contributed by atoms with E-state index in [9.17, 15) is 32.8 Å². The molecule has 7 nitrogen and oxygen atoms in total. The Morgan fingerprint density at radius 3 is 2.26 bits per heavy atom. The van der Waals surface area contributed by atoms with Gasteiger partial charge >= 0.3 is 6.09 Å². The van der Waals surface area contributed by atoms with E-state index in [2.05, 4.69) is 11.9 Å². The Kier molecular flexibility index (Phi) is 13.0. The Morgan fingerprint density at radius 1 is 1.10 bits per heavy atom. The van der Waals surface area contributed by atoms with Crippen LogP contribution in [-0.2, 0) is 23.9 Å². The minimum absolute atomic E-state index is 0.0470. The predicted octanol–water partition coefficient (Wildman–Crippen LogP) is 6.91. The zero-order valence-electron chi connectivity index (χ0n) is 26.3. The van der Waals surface area contributed by atoms with E-state index in [0.717, 1.165) is 0 Å². The number of halogens is 2. The third-order valence-electron chi connectivity index (χ3n) is 9.35. The molecular formula is C33H51F2NO6. The van der Waals surface area contributed by atoms with Crippen LogP contribution in [0.2, 0.25) is 0 Å². The number of carbonyl (C=O) groups excluding carboxylic acids is 5. The predicted molar refractivity (Wildman–Crippen MR) is 157 cm³/mol. The average molecular weight is 596 g/mol. The van der Waals surface area contributed by atoms with Crippen LogP contribution in [0.5, 0.6) is 0 Å². The van der Waals surface area contributed by atoms with Crippen LogP contribution in [0.15, 0.2) is 12.7 Å². The van der Waals surface area contributed by atoms with Crippen molar-refractivity contribution in [1.29, 1.82) is 0 Å². The first kappa shape index (κ1) is 35.7. The van der Waals surface area contributed by atoms with Crippen molar-refractivity contribution in [2.45, 2.75) is 118 Å². The highest BCUT2D eigenvalue weighted by molar-refractivity contribution is 6.38. The van der Waals surface area contributed by atoms with Crippen molar-refractivity contribution < 1.29 is 37.5 Å². The molecule has 0 aromatic heterocycles. The fourth-order valence-electron chi connectivity index (χ4n) is 6.59. The summed E-state index contributed by atoms with van der Waals surface area (Å²) < 4.78 is 33.3. The van der Waals surface area contributed by atoms with Gasteiger partial charge in [-0.2, -0.15) is 0 Å². The molecule has 42 heavy (non-hydrogen) atoms. The molecule has 0 aromatic rings. The van der Waals surface area contributed by atoms with E-state index in [1.54, 1.807) is 6.08 Å². The smallest absolute Gasteiger partial charge is 0.407 e. The number of allylic oxidation sites excluding steroid dienone is 1. The molecule has 238 valence electrons. The van der Waals surface area contributed by atoms with Crippen LogP contribution >= 0.6 is 0 Å². The van der Waals surface area contributed by atoms with E-state index in [4.69, 9.17) is 4.74 Å². The standard InChI is InChI=1S/C33H51F2NO6/c1-8-10-12-25(37)29(39)23(11-9-2)17-26(38)27-21(5)32(6,7)18-24(27)30(40)28(36-31(41)42-19-20(3)4)22-13-15-33(34,35)16-14-22/h8,20-24,27-28H,1,9-19H2,2-7H3,(H,36,41). The summed E-state index contributed by atoms with van der Waals surface area (Å²) in [7, 11) is 0. The third-order valence-corrected chi connectivity index (χ3v) is 9.35. The van der Waals surface area contributed by atoms with Crippen molar-refractivity contribution in [2.75, 3.05) is 6.61 Å². The Bertz CT molecular complexity index is 996. The van der Waals surface area contributed by atoms with E-state index in [0.29, 0.717) is 25.7 Å².